The van der Waals surface area contributed by atoms with Gasteiger partial charge in [0, 0.05) is 19.3 Å². The van der Waals surface area contributed by atoms with Crippen molar-refractivity contribution in [3.8, 4) is 10.4 Å². The van der Waals surface area contributed by atoms with Crippen molar-refractivity contribution >= 4 is 11.3 Å². The summed E-state index contributed by atoms with van der Waals surface area (Å²) in [5.41, 5.74) is 5.99. The van der Waals surface area contributed by atoms with Gasteiger partial charge >= 0.3 is 0 Å². The van der Waals surface area contributed by atoms with Gasteiger partial charge in [0.1, 0.15) is 0 Å². The van der Waals surface area contributed by atoms with Gasteiger partial charge in [0.05, 0.1) is 16.5 Å². The molecule has 0 aliphatic carbocycles. The Balaban J connectivity index is 2.07. The Kier molecular flexibility index (Phi) is 3.92. The van der Waals surface area contributed by atoms with Crippen LogP contribution in [0, 0.1) is 0 Å². The molecule has 0 bridgehead atoms. The van der Waals surface area contributed by atoms with Gasteiger partial charge in [0.2, 0.25) is 0 Å². The number of rotatable bonds is 3. The summed E-state index contributed by atoms with van der Waals surface area (Å²) in [6.07, 6.45) is 4.29. The van der Waals surface area contributed by atoms with E-state index in [1.54, 1.807) is 11.3 Å². The molecule has 1 atom stereocenters. The molecule has 1 aliphatic heterocycles. The van der Waals surface area contributed by atoms with Crippen molar-refractivity contribution in [2.24, 2.45) is 0 Å². The molecule has 0 amide bonds. The molecule has 0 saturated carbocycles. The summed E-state index contributed by atoms with van der Waals surface area (Å²) in [6, 6.07) is 6.53. The van der Waals surface area contributed by atoms with E-state index in [0.29, 0.717) is 0 Å². The standard InChI is InChI=1S/C15H18N2OS/c1-16-8-14-12-4-2-5-13(15-9-17-10-19-15)11(12)6-3-7-18-14/h2,4-5,9-10,14,16H,3,6-8H2,1H3/t14-/m1/s1. The van der Waals surface area contributed by atoms with E-state index >= 15 is 0 Å². The van der Waals surface area contributed by atoms with Gasteiger partial charge in [-0.15, -0.1) is 11.3 Å². The number of benzene rings is 1. The Hall–Kier alpha value is -1.23. The normalized spacial score (nSPS) is 18.9. The molecule has 0 saturated heterocycles. The van der Waals surface area contributed by atoms with E-state index in [2.05, 4.69) is 28.5 Å². The number of hydrogen-bond acceptors (Lipinski definition) is 4. The minimum Gasteiger partial charge on any atom is -0.372 e. The zero-order chi connectivity index (χ0) is 13.1. The van der Waals surface area contributed by atoms with E-state index in [9.17, 15) is 0 Å². The highest BCUT2D eigenvalue weighted by molar-refractivity contribution is 7.13. The minimum absolute atomic E-state index is 0.162. The van der Waals surface area contributed by atoms with E-state index in [1.165, 1.54) is 21.6 Å². The minimum atomic E-state index is 0.162. The van der Waals surface area contributed by atoms with Crippen LogP contribution < -0.4 is 5.32 Å². The van der Waals surface area contributed by atoms with Crippen LogP contribution in [-0.2, 0) is 11.2 Å². The second-order valence-corrected chi connectivity index (χ2v) is 5.65. The lowest BCUT2D eigenvalue weighted by Gasteiger charge is -2.19. The van der Waals surface area contributed by atoms with Crippen LogP contribution in [0.1, 0.15) is 23.7 Å². The van der Waals surface area contributed by atoms with Crippen molar-refractivity contribution < 1.29 is 4.74 Å². The monoisotopic (exact) mass is 274 g/mol. The predicted molar refractivity (Wildman–Crippen MR) is 78.5 cm³/mol. The van der Waals surface area contributed by atoms with Crippen molar-refractivity contribution in [3.05, 3.63) is 41.0 Å². The van der Waals surface area contributed by atoms with Gasteiger partial charge in [-0.05, 0) is 36.6 Å². The molecule has 2 aromatic rings. The number of ether oxygens (including phenoxy) is 1. The van der Waals surface area contributed by atoms with E-state index in [0.717, 1.165) is 26.0 Å². The average molecular weight is 274 g/mol. The van der Waals surface area contributed by atoms with Crippen LogP contribution in [0.25, 0.3) is 10.4 Å². The molecule has 0 spiro atoms. The Morgan fingerprint density at radius 2 is 2.42 bits per heavy atom. The van der Waals surface area contributed by atoms with Crippen molar-refractivity contribution in [2.75, 3.05) is 20.2 Å². The fraction of sp³-hybridized carbons (Fsp3) is 0.400. The zero-order valence-corrected chi connectivity index (χ0v) is 11.9. The highest BCUT2D eigenvalue weighted by Crippen LogP contribution is 2.35. The lowest BCUT2D eigenvalue weighted by Crippen LogP contribution is -2.19. The van der Waals surface area contributed by atoms with Crippen LogP contribution in [-0.4, -0.2) is 25.2 Å². The first kappa shape index (κ1) is 12.8. The SMILES string of the molecule is CNC[C@H]1OCCCc2c(-c3cncs3)cccc21. The number of thiazole rings is 1. The van der Waals surface area contributed by atoms with Crippen molar-refractivity contribution in [1.29, 1.82) is 0 Å². The highest BCUT2D eigenvalue weighted by Gasteiger charge is 2.21. The van der Waals surface area contributed by atoms with E-state index in [-0.39, 0.29) is 6.10 Å². The topological polar surface area (TPSA) is 34.1 Å². The van der Waals surface area contributed by atoms with Gasteiger partial charge < -0.3 is 10.1 Å². The Morgan fingerprint density at radius 3 is 3.21 bits per heavy atom. The maximum absolute atomic E-state index is 5.97. The molecule has 0 unspecified atom stereocenters. The Morgan fingerprint density at radius 1 is 1.47 bits per heavy atom. The molecule has 1 N–H and O–H groups in total. The van der Waals surface area contributed by atoms with Gasteiger partial charge in [0.15, 0.2) is 0 Å². The van der Waals surface area contributed by atoms with Crippen LogP contribution in [0.5, 0.6) is 0 Å². The molecule has 0 radical (unpaired) electrons. The molecule has 1 aliphatic rings. The van der Waals surface area contributed by atoms with Gasteiger partial charge in [-0.2, -0.15) is 0 Å². The van der Waals surface area contributed by atoms with E-state index in [1.807, 2.05) is 18.8 Å². The summed E-state index contributed by atoms with van der Waals surface area (Å²) in [5.74, 6) is 0. The van der Waals surface area contributed by atoms with Crippen molar-refractivity contribution in [1.82, 2.24) is 10.3 Å². The van der Waals surface area contributed by atoms with Crippen molar-refractivity contribution in [3.63, 3.8) is 0 Å². The number of fused-ring (bicyclic) bond motifs is 1. The molecular weight excluding hydrogens is 256 g/mol. The molecule has 2 heterocycles. The smallest absolute Gasteiger partial charge is 0.0951 e. The first-order valence-electron chi connectivity index (χ1n) is 6.67. The van der Waals surface area contributed by atoms with Crippen LogP contribution in [0.3, 0.4) is 0 Å². The lowest BCUT2D eigenvalue weighted by molar-refractivity contribution is 0.0579. The third-order valence-corrected chi connectivity index (χ3v) is 4.34. The Labute approximate surface area is 117 Å². The maximum Gasteiger partial charge on any atom is 0.0951 e. The molecule has 4 heteroatoms. The fourth-order valence-corrected chi connectivity index (χ4v) is 3.36. The first-order chi connectivity index (χ1) is 9.40. The van der Waals surface area contributed by atoms with Crippen LogP contribution in [0.15, 0.2) is 29.9 Å². The summed E-state index contributed by atoms with van der Waals surface area (Å²) >= 11 is 1.70. The van der Waals surface area contributed by atoms with Crippen LogP contribution in [0.4, 0.5) is 0 Å². The number of aromatic nitrogens is 1. The largest absolute Gasteiger partial charge is 0.372 e. The Bertz CT molecular complexity index is 539. The molecule has 1 aromatic heterocycles. The number of hydrogen-bond donors (Lipinski definition) is 1. The molecule has 0 fully saturated rings. The van der Waals surface area contributed by atoms with Crippen LogP contribution >= 0.6 is 11.3 Å². The van der Waals surface area contributed by atoms with Gasteiger partial charge in [0.25, 0.3) is 0 Å². The number of nitrogens with zero attached hydrogens (tertiary/aromatic N) is 1. The quantitative estimate of drug-likeness (QED) is 0.934. The molecule has 3 rings (SSSR count). The molecule has 100 valence electrons. The van der Waals surface area contributed by atoms with E-state index < -0.39 is 0 Å². The predicted octanol–water partition coefficient (Wildman–Crippen LogP) is 3.03. The van der Waals surface area contributed by atoms with Gasteiger partial charge in [-0.25, -0.2) is 0 Å². The number of likely N-dealkylation sites (N-methyl/N-ethyl adjacent to an activating group) is 1. The summed E-state index contributed by atoms with van der Waals surface area (Å²) < 4.78 is 5.97. The third kappa shape index (κ3) is 2.56. The maximum atomic E-state index is 5.97. The summed E-state index contributed by atoms with van der Waals surface area (Å²) in [5, 5.41) is 3.23. The molecule has 19 heavy (non-hydrogen) atoms. The lowest BCUT2D eigenvalue weighted by atomic mass is 9.94. The van der Waals surface area contributed by atoms with Gasteiger partial charge in [-0.1, -0.05) is 18.2 Å². The molecule has 3 nitrogen and oxygen atoms in total. The number of nitrogens with one attached hydrogen (secondary N) is 1. The first-order valence-corrected chi connectivity index (χ1v) is 7.55. The fourth-order valence-electron chi connectivity index (χ4n) is 2.68. The summed E-state index contributed by atoms with van der Waals surface area (Å²) in [4.78, 5) is 5.45. The second kappa shape index (κ2) is 5.82. The summed E-state index contributed by atoms with van der Waals surface area (Å²) in [7, 11) is 1.97. The van der Waals surface area contributed by atoms with Crippen LogP contribution in [0.2, 0.25) is 0 Å². The molecular formula is C15H18N2OS. The van der Waals surface area contributed by atoms with E-state index in [4.69, 9.17) is 4.74 Å². The molecule has 1 aromatic carbocycles. The second-order valence-electron chi connectivity index (χ2n) is 4.76. The third-order valence-electron chi connectivity index (χ3n) is 3.54. The zero-order valence-electron chi connectivity index (χ0n) is 11.1. The van der Waals surface area contributed by atoms with Gasteiger partial charge in [-0.3, -0.25) is 4.98 Å². The van der Waals surface area contributed by atoms with Crippen molar-refractivity contribution in [2.45, 2.75) is 18.9 Å². The highest BCUT2D eigenvalue weighted by atomic mass is 32.1. The average Bonchev–Trinajstić information content (AvgIpc) is 2.89. The summed E-state index contributed by atoms with van der Waals surface area (Å²) in [6.45, 7) is 1.70.